The minimum Gasteiger partial charge on any atom is -0.479 e. The molecule has 0 bridgehead atoms. The molecule has 0 heterocycles. The van der Waals surface area contributed by atoms with Crippen LogP contribution in [0.5, 0.6) is 0 Å². The Balaban J connectivity index is 2.65. The van der Waals surface area contributed by atoms with Gasteiger partial charge in [0.25, 0.3) is 0 Å². The van der Waals surface area contributed by atoms with Gasteiger partial charge in [-0.05, 0) is 12.1 Å². The third-order valence-corrected chi connectivity index (χ3v) is 2.34. The number of aliphatic carboxylic acids is 1. The summed E-state index contributed by atoms with van der Waals surface area (Å²) < 4.78 is 2.79. The fourth-order valence-corrected chi connectivity index (χ4v) is 1.31. The zero-order chi connectivity index (χ0) is 15.9. The van der Waals surface area contributed by atoms with Crippen molar-refractivity contribution in [2.75, 3.05) is 6.61 Å². The van der Waals surface area contributed by atoms with Crippen LogP contribution in [0.3, 0.4) is 0 Å². The van der Waals surface area contributed by atoms with Gasteiger partial charge in [0.15, 0.2) is 6.04 Å². The van der Waals surface area contributed by atoms with Gasteiger partial charge in [0.2, 0.25) is 3.79 Å². The number of alkyl halides is 3. The van der Waals surface area contributed by atoms with Gasteiger partial charge in [0.05, 0.1) is 0 Å². The van der Waals surface area contributed by atoms with Crippen LogP contribution in [-0.2, 0) is 9.53 Å². The number of rotatable bonds is 3. The smallest absolute Gasteiger partial charge is 0.408 e. The first kappa shape index (κ1) is 17.4. The molecule has 1 aromatic rings. The molecule has 0 aromatic heterocycles. The molecule has 2 N–H and O–H groups in total. The highest BCUT2D eigenvalue weighted by Crippen LogP contribution is 2.25. The van der Waals surface area contributed by atoms with Crippen molar-refractivity contribution in [3.8, 4) is 11.8 Å². The average Bonchev–Trinajstić information content (AvgIpc) is 2.41. The van der Waals surface area contributed by atoms with E-state index in [2.05, 4.69) is 16.6 Å². The van der Waals surface area contributed by atoms with Gasteiger partial charge >= 0.3 is 12.1 Å². The van der Waals surface area contributed by atoms with Crippen LogP contribution >= 0.6 is 34.8 Å². The molecule has 1 atom stereocenters. The Morgan fingerprint density at radius 1 is 1.29 bits per heavy atom. The van der Waals surface area contributed by atoms with Crippen molar-refractivity contribution < 1.29 is 19.4 Å². The van der Waals surface area contributed by atoms with E-state index in [1.165, 1.54) is 0 Å². The summed E-state index contributed by atoms with van der Waals surface area (Å²) >= 11 is 16.2. The van der Waals surface area contributed by atoms with Crippen molar-refractivity contribution in [2.45, 2.75) is 9.83 Å². The summed E-state index contributed by atoms with van der Waals surface area (Å²) in [5, 5.41) is 11.0. The Morgan fingerprint density at radius 2 is 1.90 bits per heavy atom. The number of carbonyl (C=O) groups is 2. The molecule has 1 amide bonds. The van der Waals surface area contributed by atoms with E-state index in [4.69, 9.17) is 39.9 Å². The highest BCUT2D eigenvalue weighted by atomic mass is 35.6. The van der Waals surface area contributed by atoms with E-state index < -0.39 is 28.5 Å². The Morgan fingerprint density at radius 3 is 2.43 bits per heavy atom. The van der Waals surface area contributed by atoms with Crippen molar-refractivity contribution in [1.82, 2.24) is 5.32 Å². The van der Waals surface area contributed by atoms with Crippen LogP contribution in [0.4, 0.5) is 4.79 Å². The normalized spacial score (nSPS) is 11.8. The van der Waals surface area contributed by atoms with Crippen LogP contribution in [0.25, 0.3) is 0 Å². The van der Waals surface area contributed by atoms with Crippen molar-refractivity contribution in [2.24, 2.45) is 0 Å². The molecule has 8 heteroatoms. The number of alkyl carbamates (subject to hydrolysis) is 1. The van der Waals surface area contributed by atoms with Gasteiger partial charge < -0.3 is 9.84 Å². The van der Waals surface area contributed by atoms with Crippen LogP contribution in [0.15, 0.2) is 30.3 Å². The van der Waals surface area contributed by atoms with E-state index in [1.54, 1.807) is 30.3 Å². The summed E-state index contributed by atoms with van der Waals surface area (Å²) in [5.74, 6) is 3.70. The molecular formula is C13H10Cl3NO4. The Hall–Kier alpha value is -1.61. The third kappa shape index (κ3) is 7.66. The fourth-order valence-electron chi connectivity index (χ4n) is 1.14. The number of halogens is 3. The maximum Gasteiger partial charge on any atom is 0.408 e. The molecule has 0 aliphatic rings. The van der Waals surface area contributed by atoms with Gasteiger partial charge in [-0.1, -0.05) is 64.8 Å². The van der Waals surface area contributed by atoms with Gasteiger partial charge in [0, 0.05) is 5.56 Å². The first-order chi connectivity index (χ1) is 9.78. The summed E-state index contributed by atoms with van der Waals surface area (Å²) in [7, 11) is 0. The zero-order valence-corrected chi connectivity index (χ0v) is 12.7. The molecule has 1 rings (SSSR count). The molecule has 0 saturated carbocycles. The molecule has 112 valence electrons. The van der Waals surface area contributed by atoms with Crippen LogP contribution in [0.1, 0.15) is 5.56 Å². The number of hydrogen-bond donors (Lipinski definition) is 2. The molecule has 0 saturated heterocycles. The monoisotopic (exact) mass is 349 g/mol. The van der Waals surface area contributed by atoms with E-state index in [9.17, 15) is 9.59 Å². The summed E-state index contributed by atoms with van der Waals surface area (Å²) in [6.07, 6.45) is -1.05. The largest absolute Gasteiger partial charge is 0.479 e. The molecular weight excluding hydrogens is 341 g/mol. The lowest BCUT2D eigenvalue weighted by Crippen LogP contribution is -2.40. The molecule has 0 spiro atoms. The van der Waals surface area contributed by atoms with E-state index >= 15 is 0 Å². The number of nitrogens with one attached hydrogen (secondary N) is 1. The maximum absolute atomic E-state index is 11.4. The SMILES string of the molecule is O=C(N[C@@H](C#Cc1ccccc1)C(=O)O)OCC(Cl)(Cl)Cl. The first-order valence-corrected chi connectivity index (χ1v) is 6.71. The molecule has 0 aliphatic heterocycles. The quantitative estimate of drug-likeness (QED) is 0.649. The van der Waals surface area contributed by atoms with Crippen LogP contribution in [0.2, 0.25) is 0 Å². The van der Waals surface area contributed by atoms with Gasteiger partial charge in [-0.15, -0.1) is 0 Å². The van der Waals surface area contributed by atoms with Crippen molar-refractivity contribution >= 4 is 46.9 Å². The van der Waals surface area contributed by atoms with E-state index in [-0.39, 0.29) is 0 Å². The zero-order valence-electron chi connectivity index (χ0n) is 10.5. The molecule has 0 fully saturated rings. The fraction of sp³-hybridized carbons (Fsp3) is 0.231. The lowest BCUT2D eigenvalue weighted by molar-refractivity contribution is -0.137. The molecule has 0 aliphatic carbocycles. The predicted molar refractivity (Wildman–Crippen MR) is 79.5 cm³/mol. The highest BCUT2D eigenvalue weighted by Gasteiger charge is 2.24. The maximum atomic E-state index is 11.4. The van der Waals surface area contributed by atoms with Crippen LogP contribution in [-0.4, -0.2) is 33.6 Å². The Kier molecular flexibility index (Phi) is 6.63. The Labute approximate surface area is 136 Å². The van der Waals surface area contributed by atoms with E-state index in [0.29, 0.717) is 5.56 Å². The molecule has 5 nitrogen and oxygen atoms in total. The number of hydrogen-bond acceptors (Lipinski definition) is 3. The minimum atomic E-state index is -1.77. The number of carboxylic acid groups (broad SMARTS) is 1. The third-order valence-electron chi connectivity index (χ3n) is 2.01. The van der Waals surface area contributed by atoms with Gasteiger partial charge in [-0.2, -0.15) is 0 Å². The van der Waals surface area contributed by atoms with Crippen LogP contribution in [0, 0.1) is 11.8 Å². The molecule has 1 aromatic carbocycles. The number of carbonyl (C=O) groups excluding carboxylic acids is 1. The predicted octanol–water partition coefficient (Wildman–Crippen LogP) is 2.59. The number of benzene rings is 1. The standard InChI is InChI=1S/C13H10Cl3NO4/c14-13(15,16)8-21-12(20)17-10(11(18)19)7-6-9-4-2-1-3-5-9/h1-5,10H,8H2,(H,17,20)(H,18,19)/t10-/m0/s1. The van der Waals surface area contributed by atoms with E-state index in [0.717, 1.165) is 0 Å². The second kappa shape index (κ2) is 7.99. The summed E-state index contributed by atoms with van der Waals surface area (Å²) in [5.41, 5.74) is 0.611. The average molecular weight is 351 g/mol. The number of carboxylic acids is 1. The van der Waals surface area contributed by atoms with E-state index in [1.807, 2.05) is 5.32 Å². The molecule has 0 unspecified atom stereocenters. The van der Waals surface area contributed by atoms with Gasteiger partial charge in [-0.3, -0.25) is 5.32 Å². The van der Waals surface area contributed by atoms with Crippen molar-refractivity contribution in [3.05, 3.63) is 35.9 Å². The second-order valence-electron chi connectivity index (χ2n) is 3.74. The van der Waals surface area contributed by atoms with Crippen molar-refractivity contribution in [3.63, 3.8) is 0 Å². The second-order valence-corrected chi connectivity index (χ2v) is 6.26. The first-order valence-electron chi connectivity index (χ1n) is 5.57. The van der Waals surface area contributed by atoms with Crippen LogP contribution < -0.4 is 5.32 Å². The number of amides is 1. The highest BCUT2D eigenvalue weighted by molar-refractivity contribution is 6.67. The van der Waals surface area contributed by atoms with Gasteiger partial charge in [0.1, 0.15) is 6.61 Å². The Bertz CT molecular complexity index is 560. The minimum absolute atomic E-state index is 0.512. The summed E-state index contributed by atoms with van der Waals surface area (Å²) in [4.78, 5) is 22.4. The summed E-state index contributed by atoms with van der Waals surface area (Å²) in [6, 6.07) is 7.27. The topological polar surface area (TPSA) is 75.6 Å². The lowest BCUT2D eigenvalue weighted by Gasteiger charge is -2.13. The molecule has 21 heavy (non-hydrogen) atoms. The lowest BCUT2D eigenvalue weighted by atomic mass is 10.2. The van der Waals surface area contributed by atoms with Crippen molar-refractivity contribution in [1.29, 1.82) is 0 Å². The summed E-state index contributed by atoms with van der Waals surface area (Å²) in [6.45, 7) is -0.512. The number of ether oxygens (including phenoxy) is 1. The van der Waals surface area contributed by atoms with Gasteiger partial charge in [-0.25, -0.2) is 9.59 Å². The molecule has 0 radical (unpaired) electrons.